The average Bonchev–Trinajstić information content (AvgIpc) is 3.84. The van der Waals surface area contributed by atoms with Crippen molar-refractivity contribution in [2.45, 2.75) is 0 Å². The van der Waals surface area contributed by atoms with Crippen LogP contribution in [0.25, 0.3) is 86.3 Å². The van der Waals surface area contributed by atoms with E-state index in [0.29, 0.717) is 0 Å². The van der Waals surface area contributed by atoms with E-state index in [0.717, 1.165) is 50.1 Å². The molecule has 3 heteroatoms. The summed E-state index contributed by atoms with van der Waals surface area (Å²) < 4.78 is 8.99. The fraction of sp³-hybridized carbons (Fsp3) is 0. The summed E-state index contributed by atoms with van der Waals surface area (Å²) in [6.45, 7) is 0. The topological polar surface area (TPSA) is 16.4 Å². The van der Waals surface area contributed by atoms with Crippen LogP contribution in [0.2, 0.25) is 0 Å². The Bertz CT molecular complexity index is 3210. The minimum absolute atomic E-state index is 0.887. The van der Waals surface area contributed by atoms with Crippen LogP contribution >= 0.6 is 11.3 Å². The van der Waals surface area contributed by atoms with Crippen LogP contribution in [0.15, 0.2) is 205 Å². The van der Waals surface area contributed by atoms with Crippen molar-refractivity contribution in [1.29, 1.82) is 0 Å². The predicted molar refractivity (Wildman–Crippen MR) is 235 cm³/mol. The molecular weight excluding hydrogens is 687 g/mol. The Hall–Kier alpha value is -6.94. The molecule has 2 aromatic heterocycles. The number of hydrogen-bond acceptors (Lipinski definition) is 3. The Kier molecular flexibility index (Phi) is 7.39. The van der Waals surface area contributed by atoms with Crippen LogP contribution in [0.1, 0.15) is 0 Å². The van der Waals surface area contributed by atoms with Crippen molar-refractivity contribution in [3.8, 4) is 33.4 Å². The van der Waals surface area contributed by atoms with Gasteiger partial charge in [-0.05, 0) is 81.2 Å². The molecule has 55 heavy (non-hydrogen) atoms. The number of rotatable bonds is 6. The standard InChI is InChI=1S/C52H33NOS/c1-3-15-34(16-4-1)37-31-32-46(40-20-8-7-19-39(37)40)53(47-25-13-24-43-41-21-10-12-28-50(41)55-52(43)47)36-29-30-38(35-17-5-2-6-18-35)45(33-36)42-23-14-27-49-51(42)44-22-9-11-26-48(44)54-49/h1-33H. The molecule has 2 heterocycles. The molecule has 0 atom stereocenters. The number of nitrogens with zero attached hydrogens (tertiary/aromatic N) is 1. The van der Waals surface area contributed by atoms with Gasteiger partial charge in [-0.1, -0.05) is 158 Å². The van der Waals surface area contributed by atoms with E-state index in [-0.39, 0.29) is 0 Å². The van der Waals surface area contributed by atoms with Gasteiger partial charge in [0.1, 0.15) is 11.2 Å². The summed E-state index contributed by atoms with van der Waals surface area (Å²) in [5.41, 5.74) is 12.2. The predicted octanol–water partition coefficient (Wildman–Crippen LogP) is 15.6. The first kappa shape index (κ1) is 31.6. The maximum absolute atomic E-state index is 6.44. The zero-order valence-corrected chi connectivity index (χ0v) is 30.6. The number of hydrogen-bond donors (Lipinski definition) is 0. The Morgan fingerprint density at radius 1 is 0.364 bits per heavy atom. The van der Waals surface area contributed by atoms with Crippen molar-refractivity contribution in [2.75, 3.05) is 4.90 Å². The molecule has 0 aliphatic heterocycles. The molecule has 0 aliphatic carbocycles. The van der Waals surface area contributed by atoms with E-state index in [1.54, 1.807) is 0 Å². The monoisotopic (exact) mass is 719 g/mol. The van der Waals surface area contributed by atoms with E-state index in [1.807, 2.05) is 17.4 Å². The molecule has 0 amide bonds. The van der Waals surface area contributed by atoms with Crippen LogP contribution in [0.5, 0.6) is 0 Å². The molecule has 0 bridgehead atoms. The number of furan rings is 1. The van der Waals surface area contributed by atoms with Crippen LogP contribution in [0.4, 0.5) is 17.1 Å². The van der Waals surface area contributed by atoms with Crippen molar-refractivity contribution in [2.24, 2.45) is 0 Å². The largest absolute Gasteiger partial charge is 0.456 e. The molecule has 0 fully saturated rings. The van der Waals surface area contributed by atoms with Crippen molar-refractivity contribution >= 4 is 81.3 Å². The molecule has 0 radical (unpaired) electrons. The van der Waals surface area contributed by atoms with Gasteiger partial charge in [0.15, 0.2) is 0 Å². The van der Waals surface area contributed by atoms with Crippen molar-refractivity contribution < 1.29 is 4.42 Å². The molecule has 0 unspecified atom stereocenters. The molecule has 0 saturated heterocycles. The summed E-state index contributed by atoms with van der Waals surface area (Å²) in [6.07, 6.45) is 0. The Balaban J connectivity index is 1.23. The molecule has 11 rings (SSSR count). The Morgan fingerprint density at radius 3 is 1.80 bits per heavy atom. The second-order valence-corrected chi connectivity index (χ2v) is 15.1. The molecule has 258 valence electrons. The van der Waals surface area contributed by atoms with E-state index in [4.69, 9.17) is 4.42 Å². The van der Waals surface area contributed by atoms with E-state index < -0.39 is 0 Å². The van der Waals surface area contributed by atoms with Crippen molar-refractivity contribution in [3.63, 3.8) is 0 Å². The lowest BCUT2D eigenvalue weighted by Gasteiger charge is -2.29. The third-order valence-electron chi connectivity index (χ3n) is 10.9. The van der Waals surface area contributed by atoms with Gasteiger partial charge < -0.3 is 9.32 Å². The summed E-state index contributed by atoms with van der Waals surface area (Å²) in [7, 11) is 0. The second-order valence-electron chi connectivity index (χ2n) is 14.0. The van der Waals surface area contributed by atoms with Gasteiger partial charge in [-0.3, -0.25) is 0 Å². The normalized spacial score (nSPS) is 11.6. The average molecular weight is 720 g/mol. The maximum Gasteiger partial charge on any atom is 0.136 e. The van der Waals surface area contributed by atoms with Crippen LogP contribution in [0.3, 0.4) is 0 Å². The fourth-order valence-corrected chi connectivity index (χ4v) is 9.63. The summed E-state index contributed by atoms with van der Waals surface area (Å²) in [6, 6.07) is 72.2. The Labute approximate surface area is 322 Å². The minimum Gasteiger partial charge on any atom is -0.456 e. The lowest BCUT2D eigenvalue weighted by Crippen LogP contribution is -2.11. The van der Waals surface area contributed by atoms with Crippen molar-refractivity contribution in [3.05, 3.63) is 200 Å². The highest BCUT2D eigenvalue weighted by Gasteiger charge is 2.23. The number of fused-ring (bicyclic) bond motifs is 7. The molecule has 0 saturated carbocycles. The lowest BCUT2D eigenvalue weighted by molar-refractivity contribution is 0.669. The quantitative estimate of drug-likeness (QED) is 0.170. The van der Waals surface area contributed by atoms with E-state index in [2.05, 4.69) is 199 Å². The van der Waals surface area contributed by atoms with Gasteiger partial charge in [-0.25, -0.2) is 0 Å². The lowest BCUT2D eigenvalue weighted by atomic mass is 9.91. The van der Waals surface area contributed by atoms with E-state index in [1.165, 1.54) is 53.2 Å². The highest BCUT2D eigenvalue weighted by atomic mass is 32.1. The number of thiophene rings is 1. The first-order valence-corrected chi connectivity index (χ1v) is 19.5. The van der Waals surface area contributed by atoms with Gasteiger partial charge in [0.2, 0.25) is 0 Å². The number of para-hydroxylation sites is 1. The van der Waals surface area contributed by atoms with Gasteiger partial charge in [-0.2, -0.15) is 0 Å². The van der Waals surface area contributed by atoms with Crippen molar-refractivity contribution in [1.82, 2.24) is 0 Å². The SMILES string of the molecule is c1ccc(-c2ccc(N(c3ccc(-c4ccccc4)c4ccccc34)c3cccc4c3sc3ccccc34)cc2-c2cccc3oc4ccccc4c23)cc1. The van der Waals surface area contributed by atoms with Gasteiger partial charge in [0, 0.05) is 37.3 Å². The molecule has 0 N–H and O–H groups in total. The number of anilines is 3. The number of benzene rings is 9. The van der Waals surface area contributed by atoms with Crippen LogP contribution in [0, 0.1) is 0 Å². The first-order valence-electron chi connectivity index (χ1n) is 18.7. The maximum atomic E-state index is 6.44. The molecule has 9 aromatic carbocycles. The fourth-order valence-electron chi connectivity index (χ4n) is 8.43. The minimum atomic E-state index is 0.887. The van der Waals surface area contributed by atoms with Gasteiger partial charge in [0.05, 0.1) is 16.1 Å². The van der Waals surface area contributed by atoms with Crippen LogP contribution < -0.4 is 4.90 Å². The third-order valence-corrected chi connectivity index (χ3v) is 12.1. The second kappa shape index (κ2) is 12.9. The zero-order valence-electron chi connectivity index (χ0n) is 29.8. The molecule has 0 spiro atoms. The highest BCUT2D eigenvalue weighted by Crippen LogP contribution is 2.49. The van der Waals surface area contributed by atoms with E-state index in [9.17, 15) is 0 Å². The molecule has 0 aliphatic rings. The highest BCUT2D eigenvalue weighted by molar-refractivity contribution is 7.26. The molecular formula is C52H33NOS. The summed E-state index contributed by atoms with van der Waals surface area (Å²) in [5.74, 6) is 0. The Morgan fingerprint density at radius 2 is 0.982 bits per heavy atom. The van der Waals surface area contributed by atoms with Gasteiger partial charge in [0.25, 0.3) is 0 Å². The molecule has 2 nitrogen and oxygen atoms in total. The molecule has 11 aromatic rings. The smallest absolute Gasteiger partial charge is 0.136 e. The van der Waals surface area contributed by atoms with E-state index >= 15 is 0 Å². The van der Waals surface area contributed by atoms with Crippen LogP contribution in [-0.4, -0.2) is 0 Å². The zero-order chi connectivity index (χ0) is 36.3. The van der Waals surface area contributed by atoms with Gasteiger partial charge in [-0.15, -0.1) is 11.3 Å². The first-order chi connectivity index (χ1) is 27.3. The third kappa shape index (κ3) is 5.16. The van der Waals surface area contributed by atoms with Crippen LogP contribution in [-0.2, 0) is 0 Å². The summed E-state index contributed by atoms with van der Waals surface area (Å²) >= 11 is 1.86. The summed E-state index contributed by atoms with van der Waals surface area (Å²) in [4.78, 5) is 2.49. The summed E-state index contributed by atoms with van der Waals surface area (Å²) in [5, 5.41) is 7.21. The van der Waals surface area contributed by atoms with Gasteiger partial charge >= 0.3 is 0 Å².